The van der Waals surface area contributed by atoms with E-state index in [-0.39, 0.29) is 0 Å². The lowest BCUT2D eigenvalue weighted by Crippen LogP contribution is -2.42. The van der Waals surface area contributed by atoms with Crippen LogP contribution in [0, 0.1) is 0 Å². The summed E-state index contributed by atoms with van der Waals surface area (Å²) in [4.78, 5) is 4.50. The van der Waals surface area contributed by atoms with Crippen molar-refractivity contribution in [2.45, 2.75) is 31.2 Å². The molecule has 0 radical (unpaired) electrons. The molecule has 1 unspecified atom stereocenters. The third kappa shape index (κ3) is 2.18. The maximum Gasteiger partial charge on any atom is 0.153 e. The molecule has 2 heterocycles. The molecule has 0 aromatic carbocycles. The second-order valence-corrected chi connectivity index (χ2v) is 4.34. The monoisotopic (exact) mass is 208 g/mol. The molecule has 0 spiro atoms. The lowest BCUT2D eigenvalue weighted by atomic mass is 10.2. The maximum atomic E-state index is 5.40. The van der Waals surface area contributed by atoms with Gasteiger partial charge in [0.15, 0.2) is 5.82 Å². The number of hydrogen-bond donors (Lipinski definition) is 2. The van der Waals surface area contributed by atoms with Crippen LogP contribution in [0.1, 0.15) is 30.4 Å². The first kappa shape index (κ1) is 9.30. The van der Waals surface area contributed by atoms with Crippen molar-refractivity contribution in [3.05, 3.63) is 11.6 Å². The zero-order valence-corrected chi connectivity index (χ0v) is 8.70. The second kappa shape index (κ2) is 3.90. The molecule has 2 N–H and O–H groups in total. The topological polar surface area (TPSA) is 62.8 Å². The van der Waals surface area contributed by atoms with E-state index < -0.39 is 0 Å². The van der Waals surface area contributed by atoms with Gasteiger partial charge < -0.3 is 10.1 Å². The van der Waals surface area contributed by atoms with Crippen molar-refractivity contribution in [1.29, 1.82) is 0 Å². The van der Waals surface area contributed by atoms with Gasteiger partial charge in [-0.25, -0.2) is 4.98 Å². The highest BCUT2D eigenvalue weighted by Gasteiger charge is 2.28. The first-order valence-corrected chi connectivity index (χ1v) is 5.64. The van der Waals surface area contributed by atoms with E-state index in [1.807, 2.05) is 0 Å². The summed E-state index contributed by atoms with van der Waals surface area (Å²) in [6, 6.07) is 0.388. The van der Waals surface area contributed by atoms with Gasteiger partial charge in [0.2, 0.25) is 0 Å². The second-order valence-electron chi connectivity index (χ2n) is 4.34. The lowest BCUT2D eigenvalue weighted by molar-refractivity contribution is 0.0764. The third-order valence-corrected chi connectivity index (χ3v) is 2.93. The molecule has 1 aromatic rings. The Morgan fingerprint density at radius 2 is 2.33 bits per heavy atom. The number of hydrogen-bond acceptors (Lipinski definition) is 4. The molecular weight excluding hydrogens is 192 g/mol. The summed E-state index contributed by atoms with van der Waals surface area (Å²) >= 11 is 0. The van der Waals surface area contributed by atoms with Crippen LogP contribution in [0.2, 0.25) is 0 Å². The van der Waals surface area contributed by atoms with Crippen molar-refractivity contribution < 1.29 is 4.74 Å². The fraction of sp³-hybridized carbons (Fsp3) is 0.800. The van der Waals surface area contributed by atoms with Crippen LogP contribution in [0.25, 0.3) is 0 Å². The molecule has 1 aliphatic heterocycles. The molecule has 1 aliphatic carbocycles. The van der Waals surface area contributed by atoms with E-state index in [1.54, 1.807) is 0 Å². The number of rotatable bonds is 3. The van der Waals surface area contributed by atoms with Crippen LogP contribution in [0.3, 0.4) is 0 Å². The largest absolute Gasteiger partial charge is 0.379 e. The van der Waals surface area contributed by atoms with Crippen molar-refractivity contribution in [3.63, 3.8) is 0 Å². The van der Waals surface area contributed by atoms with Gasteiger partial charge in [-0.3, -0.25) is 5.10 Å². The fourth-order valence-electron chi connectivity index (χ4n) is 1.91. The van der Waals surface area contributed by atoms with Gasteiger partial charge in [-0.2, -0.15) is 5.10 Å². The molecule has 5 nitrogen and oxygen atoms in total. The first-order chi connectivity index (χ1) is 7.42. The minimum Gasteiger partial charge on any atom is -0.379 e. The van der Waals surface area contributed by atoms with E-state index in [9.17, 15) is 0 Å². The Labute approximate surface area is 88.6 Å². The molecule has 1 saturated carbocycles. The minimum absolute atomic E-state index is 0.388. The van der Waals surface area contributed by atoms with Gasteiger partial charge in [0.25, 0.3) is 0 Å². The van der Waals surface area contributed by atoms with Gasteiger partial charge in [0, 0.05) is 24.9 Å². The van der Waals surface area contributed by atoms with E-state index in [1.165, 1.54) is 12.8 Å². The van der Waals surface area contributed by atoms with Crippen molar-refractivity contribution in [1.82, 2.24) is 20.5 Å². The molecule has 15 heavy (non-hydrogen) atoms. The molecule has 2 aliphatic rings. The standard InChI is InChI=1S/C10H16N4O/c1-2-7(1)10-12-9(13-14-10)5-8-6-15-4-3-11-8/h7-8,11H,1-6H2,(H,12,13,14). The average Bonchev–Trinajstić information content (AvgIpc) is 3.02. The summed E-state index contributed by atoms with van der Waals surface area (Å²) in [5.41, 5.74) is 0. The number of morpholine rings is 1. The highest BCUT2D eigenvalue weighted by atomic mass is 16.5. The molecule has 1 aromatic heterocycles. The van der Waals surface area contributed by atoms with Gasteiger partial charge in [0.1, 0.15) is 5.82 Å². The quantitative estimate of drug-likeness (QED) is 0.745. The summed E-state index contributed by atoms with van der Waals surface area (Å²) in [7, 11) is 0. The SMILES string of the molecule is C1COCC(Cc2nc(C3CC3)n[nH]2)N1. The van der Waals surface area contributed by atoms with E-state index >= 15 is 0 Å². The van der Waals surface area contributed by atoms with Gasteiger partial charge in [-0.05, 0) is 12.8 Å². The van der Waals surface area contributed by atoms with Crippen molar-refractivity contribution in [2.24, 2.45) is 0 Å². The highest BCUT2D eigenvalue weighted by molar-refractivity contribution is 5.05. The molecule has 3 rings (SSSR count). The smallest absolute Gasteiger partial charge is 0.153 e. The Morgan fingerprint density at radius 1 is 1.40 bits per heavy atom. The molecule has 2 fully saturated rings. The van der Waals surface area contributed by atoms with Crippen LogP contribution in [-0.4, -0.2) is 41.0 Å². The van der Waals surface area contributed by atoms with Crippen molar-refractivity contribution in [3.8, 4) is 0 Å². The molecule has 1 atom stereocenters. The molecule has 0 amide bonds. The molecule has 0 bridgehead atoms. The van der Waals surface area contributed by atoms with Crippen LogP contribution >= 0.6 is 0 Å². The number of nitrogens with one attached hydrogen (secondary N) is 2. The highest BCUT2D eigenvalue weighted by Crippen LogP contribution is 2.37. The molecule has 1 saturated heterocycles. The van der Waals surface area contributed by atoms with Crippen LogP contribution in [0.15, 0.2) is 0 Å². The molecule has 82 valence electrons. The van der Waals surface area contributed by atoms with E-state index in [4.69, 9.17) is 4.74 Å². The van der Waals surface area contributed by atoms with Crippen LogP contribution < -0.4 is 5.32 Å². The lowest BCUT2D eigenvalue weighted by Gasteiger charge is -2.22. The number of H-pyrrole nitrogens is 1. The Balaban J connectivity index is 1.60. The predicted molar refractivity (Wildman–Crippen MR) is 54.7 cm³/mol. The number of aromatic nitrogens is 3. The summed E-state index contributed by atoms with van der Waals surface area (Å²) in [5, 5.41) is 10.7. The Kier molecular flexibility index (Phi) is 2.42. The predicted octanol–water partition coefficient (Wildman–Crippen LogP) is 0.213. The van der Waals surface area contributed by atoms with Crippen LogP contribution in [0.5, 0.6) is 0 Å². The molecular formula is C10H16N4O. The van der Waals surface area contributed by atoms with Crippen LogP contribution in [-0.2, 0) is 11.2 Å². The summed E-state index contributed by atoms with van der Waals surface area (Å²) in [5.74, 6) is 2.62. The van der Waals surface area contributed by atoms with Gasteiger partial charge >= 0.3 is 0 Å². The van der Waals surface area contributed by atoms with E-state index in [2.05, 4.69) is 20.5 Å². The minimum atomic E-state index is 0.388. The normalized spacial score (nSPS) is 26.8. The van der Waals surface area contributed by atoms with Gasteiger partial charge in [0.05, 0.1) is 13.2 Å². The summed E-state index contributed by atoms with van der Waals surface area (Å²) in [6.07, 6.45) is 3.39. The Bertz CT molecular complexity index is 328. The number of ether oxygens (including phenoxy) is 1. The summed E-state index contributed by atoms with van der Waals surface area (Å²) < 4.78 is 5.40. The third-order valence-electron chi connectivity index (χ3n) is 2.93. The molecule has 5 heteroatoms. The van der Waals surface area contributed by atoms with Crippen LogP contribution in [0.4, 0.5) is 0 Å². The number of nitrogens with zero attached hydrogens (tertiary/aromatic N) is 2. The Morgan fingerprint density at radius 3 is 3.07 bits per heavy atom. The average molecular weight is 208 g/mol. The van der Waals surface area contributed by atoms with Crippen molar-refractivity contribution in [2.75, 3.05) is 19.8 Å². The van der Waals surface area contributed by atoms with E-state index in [0.717, 1.165) is 37.8 Å². The van der Waals surface area contributed by atoms with Gasteiger partial charge in [-0.1, -0.05) is 0 Å². The number of aromatic amines is 1. The maximum absolute atomic E-state index is 5.40. The van der Waals surface area contributed by atoms with Crippen molar-refractivity contribution >= 4 is 0 Å². The van der Waals surface area contributed by atoms with Gasteiger partial charge in [-0.15, -0.1) is 0 Å². The zero-order chi connectivity index (χ0) is 10.1. The zero-order valence-electron chi connectivity index (χ0n) is 8.70. The van der Waals surface area contributed by atoms with E-state index in [0.29, 0.717) is 12.0 Å². The Hall–Kier alpha value is -0.940. The summed E-state index contributed by atoms with van der Waals surface area (Å²) in [6.45, 7) is 2.54. The fourth-order valence-corrected chi connectivity index (χ4v) is 1.91. The first-order valence-electron chi connectivity index (χ1n) is 5.64.